The van der Waals surface area contributed by atoms with Gasteiger partial charge >= 0.3 is 0 Å². The van der Waals surface area contributed by atoms with Gasteiger partial charge in [-0.2, -0.15) is 0 Å². The second kappa shape index (κ2) is 8.37. The predicted octanol–water partition coefficient (Wildman–Crippen LogP) is 5.03. The standard InChI is InChI=1S/C19H17ClF2N4O2S2/c20-15-8-14(30(27,28)25-19-10-29-11-23-19)2-4-16(15)24-17-3-1-12(21)7-18(17)26-6-5-13(22)9-26/h1-4,7-8,10-11,13,24-25H,5-6,9H2. The van der Waals surface area contributed by atoms with Crippen LogP contribution in [0.2, 0.25) is 5.02 Å². The van der Waals surface area contributed by atoms with Crippen LogP contribution in [0.15, 0.2) is 52.2 Å². The summed E-state index contributed by atoms with van der Waals surface area (Å²) in [6.07, 6.45) is -0.575. The van der Waals surface area contributed by atoms with Gasteiger partial charge in [-0.15, -0.1) is 11.3 Å². The number of nitrogens with zero attached hydrogens (tertiary/aromatic N) is 2. The molecule has 158 valence electrons. The van der Waals surface area contributed by atoms with Crippen molar-refractivity contribution in [3.05, 3.63) is 58.1 Å². The maximum Gasteiger partial charge on any atom is 0.263 e. The Morgan fingerprint density at radius 2 is 2.00 bits per heavy atom. The van der Waals surface area contributed by atoms with Gasteiger partial charge in [-0.3, -0.25) is 4.72 Å². The number of anilines is 4. The minimum absolute atomic E-state index is 0.0230. The normalized spacial score (nSPS) is 16.6. The van der Waals surface area contributed by atoms with Crippen molar-refractivity contribution < 1.29 is 17.2 Å². The highest BCUT2D eigenvalue weighted by Gasteiger charge is 2.24. The largest absolute Gasteiger partial charge is 0.367 e. The summed E-state index contributed by atoms with van der Waals surface area (Å²) >= 11 is 7.58. The quantitative estimate of drug-likeness (QED) is 0.528. The molecule has 1 aliphatic heterocycles. The molecular formula is C19H17ClF2N4O2S2. The predicted molar refractivity (Wildman–Crippen MR) is 116 cm³/mol. The number of aromatic nitrogens is 1. The van der Waals surface area contributed by atoms with E-state index in [1.54, 1.807) is 16.3 Å². The number of alkyl halides is 1. The molecule has 2 heterocycles. The van der Waals surface area contributed by atoms with E-state index in [0.717, 1.165) is 0 Å². The Hall–Kier alpha value is -2.43. The second-order valence-electron chi connectivity index (χ2n) is 6.74. The monoisotopic (exact) mass is 470 g/mol. The van der Waals surface area contributed by atoms with Gasteiger partial charge < -0.3 is 10.2 Å². The number of hydrogen-bond acceptors (Lipinski definition) is 6. The van der Waals surface area contributed by atoms with Gasteiger partial charge in [0, 0.05) is 18.5 Å². The van der Waals surface area contributed by atoms with E-state index in [1.165, 1.54) is 47.2 Å². The van der Waals surface area contributed by atoms with E-state index in [0.29, 0.717) is 30.0 Å². The average Bonchev–Trinajstić information content (AvgIpc) is 3.36. The van der Waals surface area contributed by atoms with Crippen molar-refractivity contribution in [1.29, 1.82) is 0 Å². The Labute approximate surface area is 181 Å². The van der Waals surface area contributed by atoms with Gasteiger partial charge in [0.1, 0.15) is 12.0 Å². The Kier molecular flexibility index (Phi) is 5.81. The molecule has 2 N–H and O–H groups in total. The minimum Gasteiger partial charge on any atom is -0.367 e. The van der Waals surface area contributed by atoms with E-state index in [1.807, 2.05) is 0 Å². The van der Waals surface area contributed by atoms with E-state index < -0.39 is 22.0 Å². The summed E-state index contributed by atoms with van der Waals surface area (Å²) in [5, 5.41) is 4.83. The molecule has 1 aliphatic rings. The molecule has 6 nitrogen and oxygen atoms in total. The van der Waals surface area contributed by atoms with Crippen LogP contribution in [0.5, 0.6) is 0 Å². The third kappa shape index (κ3) is 4.50. The SMILES string of the molecule is O=S(=O)(Nc1cscn1)c1ccc(Nc2ccc(F)cc2N2CCC(F)C2)c(Cl)c1. The first-order valence-corrected chi connectivity index (χ1v) is 11.8. The van der Waals surface area contributed by atoms with Gasteiger partial charge in [-0.25, -0.2) is 22.2 Å². The zero-order valence-electron chi connectivity index (χ0n) is 15.5. The minimum atomic E-state index is -3.85. The molecule has 0 spiro atoms. The topological polar surface area (TPSA) is 74.3 Å². The van der Waals surface area contributed by atoms with Crippen LogP contribution in [-0.4, -0.2) is 32.7 Å². The van der Waals surface area contributed by atoms with Crippen molar-refractivity contribution in [1.82, 2.24) is 4.98 Å². The van der Waals surface area contributed by atoms with Crippen LogP contribution in [0.25, 0.3) is 0 Å². The fourth-order valence-corrected chi connectivity index (χ4v) is 5.05. The second-order valence-corrected chi connectivity index (χ2v) is 9.55. The first-order chi connectivity index (χ1) is 14.3. The number of halogens is 3. The smallest absolute Gasteiger partial charge is 0.263 e. The Morgan fingerprint density at radius 1 is 1.20 bits per heavy atom. The molecule has 1 saturated heterocycles. The molecule has 1 atom stereocenters. The van der Waals surface area contributed by atoms with Crippen LogP contribution < -0.4 is 14.9 Å². The molecule has 4 rings (SSSR count). The van der Waals surface area contributed by atoms with Crippen LogP contribution >= 0.6 is 22.9 Å². The van der Waals surface area contributed by atoms with Crippen LogP contribution in [0, 0.1) is 5.82 Å². The summed E-state index contributed by atoms with van der Waals surface area (Å²) in [7, 11) is -3.85. The zero-order chi connectivity index (χ0) is 21.3. The van der Waals surface area contributed by atoms with Gasteiger partial charge in [0.25, 0.3) is 10.0 Å². The first kappa shape index (κ1) is 20.8. The third-order valence-electron chi connectivity index (χ3n) is 4.62. The molecule has 2 aromatic carbocycles. The molecule has 0 amide bonds. The molecule has 30 heavy (non-hydrogen) atoms. The molecule has 1 fully saturated rings. The number of nitrogens with one attached hydrogen (secondary N) is 2. The zero-order valence-corrected chi connectivity index (χ0v) is 17.9. The van der Waals surface area contributed by atoms with Gasteiger partial charge in [-0.1, -0.05) is 11.6 Å². The van der Waals surface area contributed by atoms with E-state index in [2.05, 4.69) is 15.0 Å². The van der Waals surface area contributed by atoms with Crippen molar-refractivity contribution >= 4 is 55.8 Å². The maximum atomic E-state index is 13.8. The number of benzene rings is 2. The lowest BCUT2D eigenvalue weighted by Gasteiger charge is -2.22. The van der Waals surface area contributed by atoms with Crippen molar-refractivity contribution in [3.63, 3.8) is 0 Å². The summed E-state index contributed by atoms with van der Waals surface area (Å²) in [4.78, 5) is 5.65. The molecule has 0 bridgehead atoms. The van der Waals surface area contributed by atoms with E-state index in [-0.39, 0.29) is 22.3 Å². The summed E-state index contributed by atoms with van der Waals surface area (Å²) in [5.74, 6) is -0.204. The molecule has 0 aliphatic carbocycles. The van der Waals surface area contributed by atoms with Gasteiger partial charge in [0.15, 0.2) is 5.82 Å². The molecular weight excluding hydrogens is 454 g/mol. The third-order valence-corrected chi connectivity index (χ3v) is 6.87. The Bertz CT molecular complexity index is 1160. The highest BCUT2D eigenvalue weighted by Crippen LogP contribution is 2.35. The van der Waals surface area contributed by atoms with Crippen LogP contribution in [0.3, 0.4) is 0 Å². The Morgan fingerprint density at radius 3 is 2.67 bits per heavy atom. The number of thiazole rings is 1. The molecule has 1 unspecified atom stereocenters. The first-order valence-electron chi connectivity index (χ1n) is 8.98. The van der Waals surface area contributed by atoms with Gasteiger partial charge in [0.2, 0.25) is 0 Å². The van der Waals surface area contributed by atoms with E-state index in [9.17, 15) is 17.2 Å². The molecule has 1 aromatic heterocycles. The highest BCUT2D eigenvalue weighted by atomic mass is 35.5. The number of sulfonamides is 1. The lowest BCUT2D eigenvalue weighted by atomic mass is 10.2. The average molecular weight is 471 g/mol. The molecule has 0 saturated carbocycles. The maximum absolute atomic E-state index is 13.8. The van der Waals surface area contributed by atoms with Crippen molar-refractivity contribution in [2.75, 3.05) is 28.0 Å². The van der Waals surface area contributed by atoms with Crippen molar-refractivity contribution in [2.24, 2.45) is 0 Å². The summed E-state index contributed by atoms with van der Waals surface area (Å²) in [6.45, 7) is 0.665. The highest BCUT2D eigenvalue weighted by molar-refractivity contribution is 7.92. The van der Waals surface area contributed by atoms with E-state index in [4.69, 9.17) is 11.6 Å². The Balaban J connectivity index is 1.59. The van der Waals surface area contributed by atoms with Crippen molar-refractivity contribution in [3.8, 4) is 0 Å². The summed E-state index contributed by atoms with van der Waals surface area (Å²) in [5.41, 5.74) is 3.02. The van der Waals surface area contributed by atoms with Crippen LogP contribution in [-0.2, 0) is 10.0 Å². The van der Waals surface area contributed by atoms with Crippen molar-refractivity contribution in [2.45, 2.75) is 17.5 Å². The molecule has 11 heteroatoms. The van der Waals surface area contributed by atoms with E-state index >= 15 is 0 Å². The number of hydrogen-bond donors (Lipinski definition) is 2. The van der Waals surface area contributed by atoms with Crippen LogP contribution in [0.4, 0.5) is 31.7 Å². The molecule has 0 radical (unpaired) electrons. The lowest BCUT2D eigenvalue weighted by Crippen LogP contribution is -2.21. The summed E-state index contributed by atoms with van der Waals surface area (Å²) in [6, 6.07) is 8.41. The van der Waals surface area contributed by atoms with Crippen LogP contribution in [0.1, 0.15) is 6.42 Å². The lowest BCUT2D eigenvalue weighted by molar-refractivity contribution is 0.364. The fourth-order valence-electron chi connectivity index (χ4n) is 3.18. The summed E-state index contributed by atoms with van der Waals surface area (Å²) < 4.78 is 54.8. The van der Waals surface area contributed by atoms with Gasteiger partial charge in [-0.05, 0) is 42.8 Å². The number of rotatable bonds is 6. The fraction of sp³-hybridized carbons (Fsp3) is 0.211. The molecule has 3 aromatic rings. The van der Waals surface area contributed by atoms with Gasteiger partial charge in [0.05, 0.1) is 32.5 Å².